The number of nitrogens with zero attached hydrogens (tertiary/aromatic N) is 2. The second kappa shape index (κ2) is 5.04. The van der Waals surface area contributed by atoms with Gasteiger partial charge in [0, 0.05) is 13.1 Å². The fraction of sp³-hybridized carbons (Fsp3) is 0.294. The van der Waals surface area contributed by atoms with Crippen LogP contribution in [0.15, 0.2) is 52.8 Å². The summed E-state index contributed by atoms with van der Waals surface area (Å²) in [6.45, 7) is 1.83. The van der Waals surface area contributed by atoms with Gasteiger partial charge in [-0.1, -0.05) is 29.4 Å². The van der Waals surface area contributed by atoms with E-state index in [0.29, 0.717) is 24.4 Å². The third kappa shape index (κ3) is 2.18. The SMILES string of the molecule is N=C1C(N2Cc3ccccc3C2)=CC(C2(O)COC2)=C/C1=N/O. The molecule has 6 heteroatoms. The lowest BCUT2D eigenvalue weighted by molar-refractivity contribution is -0.152. The Labute approximate surface area is 133 Å². The molecule has 0 saturated carbocycles. The number of fused-ring (bicyclic) bond motifs is 1. The van der Waals surface area contributed by atoms with E-state index < -0.39 is 5.60 Å². The molecular weight excluding hydrogens is 294 g/mol. The third-order valence-electron chi connectivity index (χ3n) is 4.60. The van der Waals surface area contributed by atoms with E-state index in [1.54, 1.807) is 6.08 Å². The van der Waals surface area contributed by atoms with E-state index in [1.165, 1.54) is 11.1 Å². The molecule has 1 aromatic carbocycles. The minimum atomic E-state index is -1.06. The fourth-order valence-electron chi connectivity index (χ4n) is 3.17. The largest absolute Gasteiger partial charge is 0.410 e. The van der Waals surface area contributed by atoms with Crippen LogP contribution in [0.1, 0.15) is 11.1 Å². The van der Waals surface area contributed by atoms with Crippen LogP contribution in [0.2, 0.25) is 0 Å². The van der Waals surface area contributed by atoms with Gasteiger partial charge < -0.3 is 20.0 Å². The predicted octanol–water partition coefficient (Wildman–Crippen LogP) is 1.44. The van der Waals surface area contributed by atoms with Gasteiger partial charge in [0.2, 0.25) is 0 Å². The molecule has 23 heavy (non-hydrogen) atoms. The molecule has 118 valence electrons. The number of rotatable bonds is 2. The van der Waals surface area contributed by atoms with Crippen molar-refractivity contribution < 1.29 is 15.1 Å². The molecule has 1 fully saturated rings. The van der Waals surface area contributed by atoms with Crippen LogP contribution in [0.5, 0.6) is 0 Å². The standard InChI is InChI=1S/C17H17N3O3/c18-16-14(19-22)5-13(17(21)9-23-10-17)6-15(16)20-7-11-3-1-2-4-12(11)8-20/h1-6,18,21-22H,7-10H2/b18-16?,19-14-. The van der Waals surface area contributed by atoms with Crippen LogP contribution < -0.4 is 0 Å². The van der Waals surface area contributed by atoms with Crippen molar-refractivity contribution in [2.75, 3.05) is 13.2 Å². The Morgan fingerprint density at radius 2 is 1.78 bits per heavy atom. The smallest absolute Gasteiger partial charge is 0.136 e. The van der Waals surface area contributed by atoms with Gasteiger partial charge in [-0.3, -0.25) is 5.41 Å². The van der Waals surface area contributed by atoms with Crippen LogP contribution in [0.3, 0.4) is 0 Å². The first kappa shape index (κ1) is 14.2. The zero-order chi connectivity index (χ0) is 16.0. The second-order valence-electron chi connectivity index (χ2n) is 6.14. The van der Waals surface area contributed by atoms with Crippen molar-refractivity contribution in [1.29, 1.82) is 5.41 Å². The van der Waals surface area contributed by atoms with Crippen LogP contribution in [-0.4, -0.2) is 45.5 Å². The van der Waals surface area contributed by atoms with Gasteiger partial charge in [0.15, 0.2) is 0 Å². The van der Waals surface area contributed by atoms with Gasteiger partial charge in [-0.25, -0.2) is 0 Å². The highest BCUT2D eigenvalue weighted by atomic mass is 16.5. The van der Waals surface area contributed by atoms with Crippen molar-refractivity contribution in [3.8, 4) is 0 Å². The van der Waals surface area contributed by atoms with E-state index in [1.807, 2.05) is 18.2 Å². The van der Waals surface area contributed by atoms with Gasteiger partial charge in [-0.2, -0.15) is 0 Å². The maximum Gasteiger partial charge on any atom is 0.136 e. The van der Waals surface area contributed by atoms with Gasteiger partial charge in [-0.05, 0) is 28.9 Å². The zero-order valence-electron chi connectivity index (χ0n) is 12.5. The van der Waals surface area contributed by atoms with Crippen LogP contribution in [0.25, 0.3) is 0 Å². The molecule has 0 atom stereocenters. The fourth-order valence-corrected chi connectivity index (χ4v) is 3.17. The van der Waals surface area contributed by atoms with Crippen molar-refractivity contribution >= 4 is 11.4 Å². The highest BCUT2D eigenvalue weighted by molar-refractivity contribution is 6.51. The maximum atomic E-state index is 10.5. The average Bonchev–Trinajstić information content (AvgIpc) is 2.96. The Hall–Kier alpha value is -2.44. The van der Waals surface area contributed by atoms with E-state index in [0.717, 1.165) is 0 Å². The van der Waals surface area contributed by atoms with Crippen LogP contribution in [-0.2, 0) is 17.8 Å². The van der Waals surface area contributed by atoms with E-state index in [9.17, 15) is 10.3 Å². The summed E-state index contributed by atoms with van der Waals surface area (Å²) in [5.41, 5.74) is 3.00. The Bertz CT molecular complexity index is 750. The maximum absolute atomic E-state index is 10.5. The van der Waals surface area contributed by atoms with Crippen molar-refractivity contribution in [3.63, 3.8) is 0 Å². The van der Waals surface area contributed by atoms with Gasteiger partial charge in [0.25, 0.3) is 0 Å². The summed E-state index contributed by atoms with van der Waals surface area (Å²) < 4.78 is 5.11. The van der Waals surface area contributed by atoms with Crippen molar-refractivity contribution in [3.05, 3.63) is 58.8 Å². The van der Waals surface area contributed by atoms with Gasteiger partial charge in [-0.15, -0.1) is 0 Å². The Balaban J connectivity index is 1.70. The average molecular weight is 311 g/mol. The lowest BCUT2D eigenvalue weighted by atomic mass is 9.85. The minimum Gasteiger partial charge on any atom is -0.410 e. The highest BCUT2D eigenvalue weighted by Crippen LogP contribution is 2.33. The molecule has 2 aliphatic heterocycles. The lowest BCUT2D eigenvalue weighted by Gasteiger charge is -2.39. The van der Waals surface area contributed by atoms with Crippen molar-refractivity contribution in [1.82, 2.24) is 4.90 Å². The Morgan fingerprint density at radius 3 is 2.30 bits per heavy atom. The monoisotopic (exact) mass is 311 g/mol. The van der Waals surface area contributed by atoms with Gasteiger partial charge in [0.1, 0.15) is 17.0 Å². The van der Waals surface area contributed by atoms with E-state index >= 15 is 0 Å². The summed E-state index contributed by atoms with van der Waals surface area (Å²) in [5, 5.41) is 31.2. The molecule has 1 aromatic rings. The Kier molecular flexibility index (Phi) is 3.11. The summed E-state index contributed by atoms with van der Waals surface area (Å²) in [6.07, 6.45) is 3.36. The molecule has 3 N–H and O–H groups in total. The molecule has 6 nitrogen and oxygen atoms in total. The molecule has 4 rings (SSSR count). The number of ether oxygens (including phenoxy) is 1. The molecule has 0 amide bonds. The molecule has 1 saturated heterocycles. The number of hydrogen-bond donors (Lipinski definition) is 3. The summed E-state index contributed by atoms with van der Waals surface area (Å²) in [7, 11) is 0. The molecule has 0 aromatic heterocycles. The zero-order valence-corrected chi connectivity index (χ0v) is 12.5. The number of oxime groups is 1. The number of allylic oxidation sites excluding steroid dienone is 2. The summed E-state index contributed by atoms with van der Waals surface area (Å²) in [6, 6.07) is 8.16. The third-order valence-corrected chi connectivity index (χ3v) is 4.60. The van der Waals surface area contributed by atoms with Crippen molar-refractivity contribution in [2.24, 2.45) is 5.16 Å². The predicted molar refractivity (Wildman–Crippen MR) is 84.6 cm³/mol. The first-order valence-corrected chi connectivity index (χ1v) is 7.48. The topological polar surface area (TPSA) is 89.1 Å². The van der Waals surface area contributed by atoms with E-state index in [4.69, 9.17) is 10.1 Å². The Morgan fingerprint density at radius 1 is 1.13 bits per heavy atom. The highest BCUT2D eigenvalue weighted by Gasteiger charge is 2.41. The summed E-state index contributed by atoms with van der Waals surface area (Å²) in [4.78, 5) is 2.06. The first-order chi connectivity index (χ1) is 11.1. The normalized spacial score (nSPS) is 24.1. The van der Waals surface area contributed by atoms with Crippen LogP contribution >= 0.6 is 0 Å². The molecule has 1 aliphatic carbocycles. The minimum absolute atomic E-state index is 0.160. The van der Waals surface area contributed by atoms with E-state index in [-0.39, 0.29) is 24.6 Å². The molecule has 0 spiro atoms. The van der Waals surface area contributed by atoms with E-state index in [2.05, 4.69) is 22.2 Å². The van der Waals surface area contributed by atoms with Crippen LogP contribution in [0, 0.1) is 5.41 Å². The quantitative estimate of drug-likeness (QED) is 0.438. The molecule has 2 heterocycles. The second-order valence-corrected chi connectivity index (χ2v) is 6.14. The number of benzene rings is 1. The molecule has 0 bridgehead atoms. The molecular formula is C17H17N3O3. The molecule has 3 aliphatic rings. The summed E-state index contributed by atoms with van der Waals surface area (Å²) >= 11 is 0. The number of nitrogens with one attached hydrogen (secondary N) is 1. The molecule has 0 unspecified atom stereocenters. The number of hydrogen-bond acceptors (Lipinski definition) is 6. The van der Waals surface area contributed by atoms with Crippen LogP contribution in [0.4, 0.5) is 0 Å². The first-order valence-electron chi connectivity index (χ1n) is 7.48. The summed E-state index contributed by atoms with van der Waals surface area (Å²) in [5.74, 6) is 0. The van der Waals surface area contributed by atoms with Gasteiger partial charge >= 0.3 is 0 Å². The van der Waals surface area contributed by atoms with Crippen molar-refractivity contribution in [2.45, 2.75) is 18.7 Å². The molecule has 0 radical (unpaired) electrons. The number of aliphatic hydroxyl groups is 1. The van der Waals surface area contributed by atoms with Gasteiger partial charge in [0.05, 0.1) is 18.9 Å². The lowest BCUT2D eigenvalue weighted by Crippen LogP contribution is -2.51.